The second-order valence-corrected chi connectivity index (χ2v) is 3.74. The van der Waals surface area contributed by atoms with Gasteiger partial charge >= 0.3 is 0 Å². The molecule has 5 nitrogen and oxygen atoms in total. The van der Waals surface area contributed by atoms with Crippen LogP contribution in [0.25, 0.3) is 0 Å². The summed E-state index contributed by atoms with van der Waals surface area (Å²) in [6.07, 6.45) is 4.13. The highest BCUT2D eigenvalue weighted by Crippen LogP contribution is 1.83. The van der Waals surface area contributed by atoms with E-state index in [0.717, 1.165) is 25.9 Å². The molecule has 100 valence electrons. The fourth-order valence-corrected chi connectivity index (χ4v) is 1.18. The molecule has 0 aromatic carbocycles. The summed E-state index contributed by atoms with van der Waals surface area (Å²) in [6.45, 7) is 6.15. The Hall–Kier alpha value is 0.0900. The Morgan fingerprint density at radius 1 is 0.875 bits per heavy atom. The van der Waals surface area contributed by atoms with Gasteiger partial charge in [0.2, 0.25) is 0 Å². The maximum atomic E-state index is 5.78. The zero-order chi connectivity index (χ0) is 11.5. The molecule has 0 aliphatic rings. The molecule has 0 aromatic heterocycles. The molecule has 0 saturated heterocycles. The summed E-state index contributed by atoms with van der Waals surface area (Å²) in [4.78, 5) is 0. The molecule has 0 bridgehead atoms. The van der Waals surface area contributed by atoms with Crippen molar-refractivity contribution in [2.45, 2.75) is 52.1 Å². The first kappa shape index (κ1) is 18.5. The van der Waals surface area contributed by atoms with Crippen molar-refractivity contribution < 1.29 is 0 Å². The van der Waals surface area contributed by atoms with Crippen LogP contribution in [0.1, 0.15) is 39.5 Å². The molecule has 0 rings (SSSR count). The average molecular weight is 254 g/mol. The van der Waals surface area contributed by atoms with E-state index in [1.807, 2.05) is 0 Å². The largest absolute Gasteiger partial charge is 0.304 e. The molecule has 0 amide bonds. The van der Waals surface area contributed by atoms with Crippen LogP contribution in [0.5, 0.6) is 0 Å². The lowest BCUT2D eigenvalue weighted by Crippen LogP contribution is -2.61. The Morgan fingerprint density at radius 3 is 1.56 bits per heavy atom. The van der Waals surface area contributed by atoms with Gasteiger partial charge in [-0.2, -0.15) is 0 Å². The molecule has 2 unspecified atom stereocenters. The number of rotatable bonds is 10. The number of nitrogens with two attached hydrogens (primary N) is 2. The Morgan fingerprint density at radius 2 is 1.25 bits per heavy atom. The summed E-state index contributed by atoms with van der Waals surface area (Å²) in [6, 6.07) is 0. The first-order valence-electron chi connectivity index (χ1n) is 5.94. The van der Waals surface area contributed by atoms with Crippen molar-refractivity contribution in [3.8, 4) is 0 Å². The molecule has 7 N–H and O–H groups in total. The second kappa shape index (κ2) is 13.2. The van der Waals surface area contributed by atoms with Gasteiger partial charge in [-0.05, 0) is 25.9 Å². The van der Waals surface area contributed by atoms with Crippen molar-refractivity contribution in [2.24, 2.45) is 11.5 Å². The van der Waals surface area contributed by atoms with E-state index in [2.05, 4.69) is 29.8 Å². The minimum absolute atomic E-state index is 0. The minimum atomic E-state index is -0.235. The monoisotopic (exact) mass is 253 g/mol. The normalized spacial score (nSPS) is 14.2. The lowest BCUT2D eigenvalue weighted by molar-refractivity contribution is 0.339. The van der Waals surface area contributed by atoms with E-state index in [1.165, 1.54) is 12.8 Å². The van der Waals surface area contributed by atoms with Gasteiger partial charge in [0, 0.05) is 0 Å². The van der Waals surface area contributed by atoms with Gasteiger partial charge in [-0.1, -0.05) is 26.7 Å². The van der Waals surface area contributed by atoms with Crippen molar-refractivity contribution >= 4 is 12.4 Å². The molecule has 16 heavy (non-hydrogen) atoms. The SMILES string of the molecule is CCCCNC(N)NC(N)NCCCC.Cl. The van der Waals surface area contributed by atoms with Gasteiger partial charge in [-0.3, -0.25) is 16.0 Å². The van der Waals surface area contributed by atoms with Crippen LogP contribution in [0.4, 0.5) is 0 Å². The molecule has 0 aliphatic carbocycles. The van der Waals surface area contributed by atoms with Crippen LogP contribution >= 0.6 is 12.4 Å². The van der Waals surface area contributed by atoms with Gasteiger partial charge in [0.05, 0.1) is 0 Å². The molecule has 0 spiro atoms. The van der Waals surface area contributed by atoms with Crippen LogP contribution in [-0.4, -0.2) is 25.7 Å². The molecule has 6 heteroatoms. The number of nitrogens with one attached hydrogen (secondary N) is 3. The predicted molar refractivity (Wildman–Crippen MR) is 72.2 cm³/mol. The number of halogens is 1. The Kier molecular flexibility index (Phi) is 15.2. The number of hydrogen-bond donors (Lipinski definition) is 5. The first-order valence-corrected chi connectivity index (χ1v) is 5.94. The van der Waals surface area contributed by atoms with E-state index >= 15 is 0 Å². The summed E-state index contributed by atoms with van der Waals surface area (Å²) < 4.78 is 0. The van der Waals surface area contributed by atoms with Crippen molar-refractivity contribution in [1.82, 2.24) is 16.0 Å². The Bertz CT molecular complexity index is 122. The zero-order valence-electron chi connectivity index (χ0n) is 10.5. The smallest absolute Gasteiger partial charge is 0.111 e. The molecule has 0 aliphatic heterocycles. The lowest BCUT2D eigenvalue weighted by Gasteiger charge is -2.21. The van der Waals surface area contributed by atoms with Crippen LogP contribution in [-0.2, 0) is 0 Å². The van der Waals surface area contributed by atoms with E-state index in [0.29, 0.717) is 0 Å². The molecule has 0 fully saturated rings. The summed E-state index contributed by atoms with van der Waals surface area (Å²) >= 11 is 0. The van der Waals surface area contributed by atoms with Gasteiger partial charge < -0.3 is 11.5 Å². The topological polar surface area (TPSA) is 88.1 Å². The molecular formula is C10H28ClN5. The number of unbranched alkanes of at least 4 members (excludes halogenated alkanes) is 2. The molecular weight excluding hydrogens is 226 g/mol. The summed E-state index contributed by atoms with van der Waals surface area (Å²) in [5.41, 5.74) is 11.6. The van der Waals surface area contributed by atoms with Crippen LogP contribution in [0.15, 0.2) is 0 Å². The van der Waals surface area contributed by atoms with Crippen molar-refractivity contribution in [3.63, 3.8) is 0 Å². The maximum Gasteiger partial charge on any atom is 0.111 e. The van der Waals surface area contributed by atoms with Crippen molar-refractivity contribution in [2.75, 3.05) is 13.1 Å². The van der Waals surface area contributed by atoms with Gasteiger partial charge in [-0.25, -0.2) is 0 Å². The highest BCUT2D eigenvalue weighted by molar-refractivity contribution is 5.85. The standard InChI is InChI=1S/C10H27N5.ClH/c1-3-5-7-13-9(11)15-10(12)14-8-6-4-2;/h9-10,13-15H,3-8,11-12H2,1-2H3;1H. The highest BCUT2D eigenvalue weighted by Gasteiger charge is 2.05. The van der Waals surface area contributed by atoms with E-state index in [9.17, 15) is 0 Å². The minimum Gasteiger partial charge on any atom is -0.304 e. The van der Waals surface area contributed by atoms with Crippen LogP contribution in [0, 0.1) is 0 Å². The van der Waals surface area contributed by atoms with E-state index in [4.69, 9.17) is 11.5 Å². The molecule has 0 aromatic rings. The number of hydrogen-bond acceptors (Lipinski definition) is 5. The quantitative estimate of drug-likeness (QED) is 0.285. The molecule has 0 saturated carbocycles. The zero-order valence-corrected chi connectivity index (χ0v) is 11.3. The predicted octanol–water partition coefficient (Wildman–Crippen LogP) is 0.262. The van der Waals surface area contributed by atoms with Crippen LogP contribution in [0.2, 0.25) is 0 Å². The maximum absolute atomic E-state index is 5.78. The summed E-state index contributed by atoms with van der Waals surface area (Å²) in [7, 11) is 0. The third kappa shape index (κ3) is 12.2. The fourth-order valence-electron chi connectivity index (χ4n) is 1.18. The Balaban J connectivity index is 0. The lowest BCUT2D eigenvalue weighted by atomic mass is 10.3. The third-order valence-corrected chi connectivity index (χ3v) is 2.15. The Labute approximate surface area is 106 Å². The summed E-state index contributed by atoms with van der Waals surface area (Å²) in [5.74, 6) is 0. The van der Waals surface area contributed by atoms with Crippen LogP contribution < -0.4 is 27.4 Å². The van der Waals surface area contributed by atoms with Crippen LogP contribution in [0.3, 0.4) is 0 Å². The second-order valence-electron chi connectivity index (χ2n) is 3.74. The average Bonchev–Trinajstić information content (AvgIpc) is 2.18. The van der Waals surface area contributed by atoms with Gasteiger partial charge in [0.1, 0.15) is 12.6 Å². The van der Waals surface area contributed by atoms with Crippen molar-refractivity contribution in [1.29, 1.82) is 0 Å². The molecule has 2 atom stereocenters. The first-order chi connectivity index (χ1) is 7.20. The highest BCUT2D eigenvalue weighted by atomic mass is 35.5. The fraction of sp³-hybridized carbons (Fsp3) is 1.00. The molecule has 0 radical (unpaired) electrons. The summed E-state index contributed by atoms with van der Waals surface area (Å²) in [5, 5.41) is 9.33. The van der Waals surface area contributed by atoms with E-state index < -0.39 is 0 Å². The van der Waals surface area contributed by atoms with Gasteiger partial charge in [0.15, 0.2) is 0 Å². The third-order valence-electron chi connectivity index (χ3n) is 2.15. The van der Waals surface area contributed by atoms with Crippen molar-refractivity contribution in [3.05, 3.63) is 0 Å². The van der Waals surface area contributed by atoms with Gasteiger partial charge in [-0.15, -0.1) is 12.4 Å². The van der Waals surface area contributed by atoms with Gasteiger partial charge in [0.25, 0.3) is 0 Å². The van der Waals surface area contributed by atoms with E-state index in [-0.39, 0.29) is 25.0 Å². The van der Waals surface area contributed by atoms with E-state index in [1.54, 1.807) is 0 Å². The molecule has 0 heterocycles.